The first kappa shape index (κ1) is 23.0. The SMILES string of the molecule is O=c1c(-c2ccccc2)cc(-c2ccccc2)nn1CCCN1CCN(c2ccc(F)cc2)CC1. The van der Waals surface area contributed by atoms with Crippen LogP contribution in [0, 0.1) is 5.82 Å². The number of piperazine rings is 1. The van der Waals surface area contributed by atoms with Crippen LogP contribution in [0.15, 0.2) is 95.8 Å². The molecule has 1 saturated heterocycles. The molecule has 0 saturated carbocycles. The molecule has 1 aliphatic heterocycles. The molecule has 35 heavy (non-hydrogen) atoms. The lowest BCUT2D eigenvalue weighted by Crippen LogP contribution is -2.46. The predicted octanol–water partition coefficient (Wildman–Crippen LogP) is 4.93. The zero-order valence-electron chi connectivity index (χ0n) is 19.7. The number of benzene rings is 3. The molecule has 0 aliphatic carbocycles. The van der Waals surface area contributed by atoms with Gasteiger partial charge in [-0.1, -0.05) is 60.7 Å². The molecule has 0 amide bonds. The van der Waals surface area contributed by atoms with Crippen molar-refractivity contribution in [2.45, 2.75) is 13.0 Å². The second-order valence-corrected chi connectivity index (χ2v) is 8.86. The fourth-order valence-corrected chi connectivity index (χ4v) is 4.59. The lowest BCUT2D eigenvalue weighted by atomic mass is 10.0. The Kier molecular flexibility index (Phi) is 7.00. The van der Waals surface area contributed by atoms with Gasteiger partial charge in [0.2, 0.25) is 0 Å². The Labute approximate surface area is 205 Å². The highest BCUT2D eigenvalue weighted by atomic mass is 19.1. The molecule has 3 aromatic carbocycles. The quantitative estimate of drug-likeness (QED) is 0.386. The first-order valence-electron chi connectivity index (χ1n) is 12.1. The number of halogens is 1. The summed E-state index contributed by atoms with van der Waals surface area (Å²) in [7, 11) is 0. The van der Waals surface area contributed by atoms with Crippen LogP contribution in [0.3, 0.4) is 0 Å². The maximum absolute atomic E-state index is 13.3. The van der Waals surface area contributed by atoms with Crippen molar-refractivity contribution >= 4 is 5.69 Å². The molecule has 0 spiro atoms. The van der Waals surface area contributed by atoms with Crippen LogP contribution < -0.4 is 10.5 Å². The second-order valence-electron chi connectivity index (χ2n) is 8.86. The summed E-state index contributed by atoms with van der Waals surface area (Å²) in [6, 6.07) is 28.4. The standard InChI is InChI=1S/C29H29FN4O/c30-25-12-14-26(15-13-25)33-20-18-32(19-21-33)16-7-17-34-29(35)27(23-8-3-1-4-9-23)22-28(31-34)24-10-5-2-6-11-24/h1-6,8-15,22H,7,16-21H2. The average Bonchev–Trinajstić information content (AvgIpc) is 2.91. The van der Waals surface area contributed by atoms with Gasteiger partial charge >= 0.3 is 0 Å². The molecule has 6 heteroatoms. The second kappa shape index (κ2) is 10.7. The van der Waals surface area contributed by atoms with E-state index in [0.717, 1.165) is 61.7 Å². The third-order valence-corrected chi connectivity index (χ3v) is 6.54. The molecule has 0 radical (unpaired) electrons. The van der Waals surface area contributed by atoms with Gasteiger partial charge in [-0.05, 0) is 42.3 Å². The van der Waals surface area contributed by atoms with Gasteiger partial charge in [-0.2, -0.15) is 5.10 Å². The van der Waals surface area contributed by atoms with Gasteiger partial charge in [0.25, 0.3) is 5.56 Å². The first-order chi connectivity index (χ1) is 17.2. The van der Waals surface area contributed by atoms with Gasteiger partial charge in [-0.25, -0.2) is 9.07 Å². The van der Waals surface area contributed by atoms with Crippen molar-refractivity contribution in [3.05, 3.63) is 107 Å². The van der Waals surface area contributed by atoms with E-state index in [2.05, 4.69) is 9.80 Å². The summed E-state index contributed by atoms with van der Waals surface area (Å²) in [5, 5.41) is 4.72. The highest BCUT2D eigenvalue weighted by molar-refractivity contribution is 5.69. The number of nitrogens with zero attached hydrogens (tertiary/aromatic N) is 4. The minimum absolute atomic E-state index is 0.0583. The Morgan fingerprint density at radius 3 is 2.03 bits per heavy atom. The Balaban J connectivity index is 1.27. The van der Waals surface area contributed by atoms with Crippen molar-refractivity contribution in [1.29, 1.82) is 0 Å². The number of anilines is 1. The molecule has 1 fully saturated rings. The molecule has 1 aliphatic rings. The van der Waals surface area contributed by atoms with Gasteiger partial charge in [0.1, 0.15) is 5.82 Å². The molecule has 0 N–H and O–H groups in total. The van der Waals surface area contributed by atoms with Crippen molar-refractivity contribution in [2.24, 2.45) is 0 Å². The van der Waals surface area contributed by atoms with Crippen molar-refractivity contribution in [3.63, 3.8) is 0 Å². The van der Waals surface area contributed by atoms with Crippen LogP contribution >= 0.6 is 0 Å². The van der Waals surface area contributed by atoms with Crippen LogP contribution in [0.25, 0.3) is 22.4 Å². The number of hydrogen-bond donors (Lipinski definition) is 0. The minimum Gasteiger partial charge on any atom is -0.369 e. The van der Waals surface area contributed by atoms with Crippen LogP contribution in [0.2, 0.25) is 0 Å². The summed E-state index contributed by atoms with van der Waals surface area (Å²) in [5.74, 6) is -0.206. The summed E-state index contributed by atoms with van der Waals surface area (Å²) in [6.45, 7) is 5.17. The maximum atomic E-state index is 13.3. The molecule has 178 valence electrons. The monoisotopic (exact) mass is 468 g/mol. The van der Waals surface area contributed by atoms with Gasteiger partial charge in [0.15, 0.2) is 0 Å². The molecule has 1 aromatic heterocycles. The molecular weight excluding hydrogens is 439 g/mol. The van der Waals surface area contributed by atoms with E-state index in [0.29, 0.717) is 12.1 Å². The van der Waals surface area contributed by atoms with Crippen LogP contribution in [0.1, 0.15) is 6.42 Å². The number of rotatable bonds is 7. The molecular formula is C29H29FN4O. The maximum Gasteiger partial charge on any atom is 0.274 e. The van der Waals surface area contributed by atoms with Gasteiger partial charge in [0, 0.05) is 50.5 Å². The fraction of sp³-hybridized carbons (Fsp3) is 0.241. The van der Waals surface area contributed by atoms with Crippen molar-refractivity contribution in [2.75, 3.05) is 37.6 Å². The van der Waals surface area contributed by atoms with Gasteiger partial charge in [-0.3, -0.25) is 9.69 Å². The summed E-state index contributed by atoms with van der Waals surface area (Å²) in [4.78, 5) is 18.0. The normalized spacial score (nSPS) is 14.3. The largest absolute Gasteiger partial charge is 0.369 e. The molecule has 0 atom stereocenters. The van der Waals surface area contributed by atoms with Crippen LogP contribution in [0.4, 0.5) is 10.1 Å². The van der Waals surface area contributed by atoms with E-state index in [1.165, 1.54) is 12.1 Å². The fourth-order valence-electron chi connectivity index (χ4n) is 4.59. The Morgan fingerprint density at radius 2 is 1.37 bits per heavy atom. The molecule has 2 heterocycles. The topological polar surface area (TPSA) is 41.4 Å². The van der Waals surface area contributed by atoms with Crippen LogP contribution in [0.5, 0.6) is 0 Å². The van der Waals surface area contributed by atoms with E-state index in [-0.39, 0.29) is 11.4 Å². The Hall–Kier alpha value is -3.77. The third kappa shape index (κ3) is 5.49. The summed E-state index contributed by atoms with van der Waals surface area (Å²) in [5.41, 5.74) is 4.38. The summed E-state index contributed by atoms with van der Waals surface area (Å²) in [6.07, 6.45) is 0.843. The highest BCUT2D eigenvalue weighted by Gasteiger charge is 2.17. The van der Waals surface area contributed by atoms with Gasteiger partial charge < -0.3 is 4.90 Å². The Bertz CT molecular complexity index is 1300. The van der Waals surface area contributed by atoms with E-state index in [9.17, 15) is 9.18 Å². The lowest BCUT2D eigenvalue weighted by molar-refractivity contribution is 0.248. The zero-order valence-corrected chi connectivity index (χ0v) is 19.7. The third-order valence-electron chi connectivity index (χ3n) is 6.54. The molecule has 4 aromatic rings. The van der Waals surface area contributed by atoms with Gasteiger partial charge in [0.05, 0.1) is 11.3 Å². The molecule has 5 nitrogen and oxygen atoms in total. The van der Waals surface area contributed by atoms with Crippen molar-refractivity contribution in [1.82, 2.24) is 14.7 Å². The predicted molar refractivity (Wildman–Crippen MR) is 139 cm³/mol. The summed E-state index contributed by atoms with van der Waals surface area (Å²) >= 11 is 0. The Morgan fingerprint density at radius 1 is 0.743 bits per heavy atom. The summed E-state index contributed by atoms with van der Waals surface area (Å²) < 4.78 is 14.8. The average molecular weight is 469 g/mol. The number of aromatic nitrogens is 2. The zero-order chi connectivity index (χ0) is 24.0. The first-order valence-corrected chi connectivity index (χ1v) is 12.1. The van der Waals surface area contributed by atoms with Crippen LogP contribution in [-0.2, 0) is 6.54 Å². The van der Waals surface area contributed by atoms with E-state index in [1.54, 1.807) is 4.68 Å². The number of hydrogen-bond acceptors (Lipinski definition) is 4. The smallest absolute Gasteiger partial charge is 0.274 e. The van der Waals surface area contributed by atoms with E-state index < -0.39 is 0 Å². The highest BCUT2D eigenvalue weighted by Crippen LogP contribution is 2.22. The van der Waals surface area contributed by atoms with E-state index >= 15 is 0 Å². The minimum atomic E-state index is -0.206. The van der Waals surface area contributed by atoms with Crippen molar-refractivity contribution in [3.8, 4) is 22.4 Å². The van der Waals surface area contributed by atoms with E-state index in [1.807, 2.05) is 78.9 Å². The molecule has 0 unspecified atom stereocenters. The van der Waals surface area contributed by atoms with E-state index in [4.69, 9.17) is 5.10 Å². The molecule has 0 bridgehead atoms. The lowest BCUT2D eigenvalue weighted by Gasteiger charge is -2.36. The van der Waals surface area contributed by atoms with Crippen LogP contribution in [-0.4, -0.2) is 47.4 Å². The number of aryl methyl sites for hydroxylation is 1. The van der Waals surface area contributed by atoms with Gasteiger partial charge in [-0.15, -0.1) is 0 Å². The van der Waals surface area contributed by atoms with Crippen molar-refractivity contribution < 1.29 is 4.39 Å². The molecule has 5 rings (SSSR count).